The van der Waals surface area contributed by atoms with Gasteiger partial charge in [-0.2, -0.15) is 4.98 Å². The van der Waals surface area contributed by atoms with Crippen molar-refractivity contribution in [2.24, 2.45) is 0 Å². The van der Waals surface area contributed by atoms with Gasteiger partial charge in [-0.15, -0.1) is 5.92 Å². The summed E-state index contributed by atoms with van der Waals surface area (Å²) in [6, 6.07) is 7.48. The zero-order valence-corrected chi connectivity index (χ0v) is 11.5. The number of hydrogen-bond donors (Lipinski definition) is 0. The molecule has 0 amide bonds. The maximum atomic E-state index is 5.34. The van der Waals surface area contributed by atoms with Crippen LogP contribution in [0.15, 0.2) is 28.8 Å². The number of para-hydroxylation sites is 1. The van der Waals surface area contributed by atoms with E-state index in [1.807, 2.05) is 31.2 Å². The highest BCUT2D eigenvalue weighted by Gasteiger charge is 2.12. The molecule has 0 fully saturated rings. The lowest BCUT2D eigenvalue weighted by Gasteiger charge is -2.02. The first-order valence-corrected chi connectivity index (χ1v) is 6.34. The van der Waals surface area contributed by atoms with Gasteiger partial charge in [-0.1, -0.05) is 30.1 Å². The second kappa shape index (κ2) is 7.31. The summed E-state index contributed by atoms with van der Waals surface area (Å²) in [5.74, 6) is 7.41. The standard InChI is InChI=1S/C15H16N2O3/c1-3-4-7-10-19-11-14-16-15(20-17-14)12-8-5-6-9-13(12)18-2/h5-6,8-9H,3,10-11H2,1-2H3. The molecule has 0 aliphatic rings. The minimum absolute atomic E-state index is 0.275. The van der Waals surface area contributed by atoms with Crippen molar-refractivity contribution in [1.29, 1.82) is 0 Å². The number of hydrogen-bond acceptors (Lipinski definition) is 5. The van der Waals surface area contributed by atoms with E-state index in [1.165, 1.54) is 0 Å². The Kier molecular flexibility index (Phi) is 5.15. The van der Waals surface area contributed by atoms with Crippen molar-refractivity contribution < 1.29 is 14.0 Å². The van der Waals surface area contributed by atoms with Crippen LogP contribution < -0.4 is 4.74 Å². The van der Waals surface area contributed by atoms with E-state index in [4.69, 9.17) is 14.0 Å². The predicted octanol–water partition coefficient (Wildman–Crippen LogP) is 2.68. The van der Waals surface area contributed by atoms with Gasteiger partial charge in [-0.05, 0) is 12.1 Å². The molecule has 0 spiro atoms. The van der Waals surface area contributed by atoms with Gasteiger partial charge in [0.15, 0.2) is 5.82 Å². The fourth-order valence-electron chi connectivity index (χ4n) is 1.61. The Morgan fingerprint density at radius 2 is 2.10 bits per heavy atom. The Bertz CT molecular complexity index is 611. The molecule has 0 saturated heterocycles. The second-order valence-corrected chi connectivity index (χ2v) is 3.92. The van der Waals surface area contributed by atoms with Crippen LogP contribution in [-0.4, -0.2) is 23.9 Å². The summed E-state index contributed by atoms with van der Waals surface area (Å²) in [7, 11) is 1.60. The van der Waals surface area contributed by atoms with Crippen molar-refractivity contribution in [2.75, 3.05) is 13.7 Å². The molecule has 0 aliphatic carbocycles. The average Bonchev–Trinajstić information content (AvgIpc) is 2.95. The Morgan fingerprint density at radius 1 is 1.25 bits per heavy atom. The highest BCUT2D eigenvalue weighted by molar-refractivity contribution is 5.62. The minimum Gasteiger partial charge on any atom is -0.496 e. The Labute approximate surface area is 117 Å². The lowest BCUT2D eigenvalue weighted by molar-refractivity contribution is 0.144. The molecule has 0 radical (unpaired) electrons. The molecule has 2 aromatic rings. The summed E-state index contributed by atoms with van der Waals surface area (Å²) in [6.07, 6.45) is 0.823. The summed E-state index contributed by atoms with van der Waals surface area (Å²) < 4.78 is 15.8. The van der Waals surface area contributed by atoms with Crippen LogP contribution >= 0.6 is 0 Å². The third-order valence-corrected chi connectivity index (χ3v) is 2.51. The summed E-state index contributed by atoms with van der Waals surface area (Å²) in [5, 5.41) is 3.87. The van der Waals surface area contributed by atoms with Gasteiger partial charge in [0.25, 0.3) is 5.89 Å². The van der Waals surface area contributed by atoms with Gasteiger partial charge in [0.2, 0.25) is 0 Å². The van der Waals surface area contributed by atoms with Crippen molar-refractivity contribution in [3.05, 3.63) is 30.1 Å². The van der Waals surface area contributed by atoms with Crippen LogP contribution in [0.4, 0.5) is 0 Å². The van der Waals surface area contributed by atoms with Gasteiger partial charge >= 0.3 is 0 Å². The first kappa shape index (κ1) is 14.1. The molecule has 0 saturated carbocycles. The van der Waals surface area contributed by atoms with Crippen LogP contribution in [0.1, 0.15) is 19.2 Å². The Balaban J connectivity index is 2.01. The number of methoxy groups -OCH3 is 1. The van der Waals surface area contributed by atoms with E-state index in [0.717, 1.165) is 12.0 Å². The fraction of sp³-hybridized carbons (Fsp3) is 0.333. The quantitative estimate of drug-likeness (QED) is 0.618. The van der Waals surface area contributed by atoms with Gasteiger partial charge in [-0.25, -0.2) is 0 Å². The lowest BCUT2D eigenvalue weighted by atomic mass is 10.2. The molecule has 104 valence electrons. The van der Waals surface area contributed by atoms with E-state index in [9.17, 15) is 0 Å². The van der Waals surface area contributed by atoms with Crippen LogP contribution in [0, 0.1) is 11.8 Å². The van der Waals surface area contributed by atoms with Gasteiger partial charge in [0.1, 0.15) is 19.0 Å². The topological polar surface area (TPSA) is 57.4 Å². The largest absolute Gasteiger partial charge is 0.496 e. The zero-order valence-electron chi connectivity index (χ0n) is 11.5. The summed E-state index contributed by atoms with van der Waals surface area (Å²) in [4.78, 5) is 4.28. The molecule has 0 atom stereocenters. The molecule has 0 N–H and O–H groups in total. The Morgan fingerprint density at radius 3 is 2.90 bits per heavy atom. The number of rotatable bonds is 5. The SMILES string of the molecule is CCC#CCOCc1noc(-c2ccccc2OC)n1. The van der Waals surface area contributed by atoms with Crippen LogP contribution in [0.2, 0.25) is 0 Å². The maximum absolute atomic E-state index is 5.34. The van der Waals surface area contributed by atoms with Crippen molar-refractivity contribution >= 4 is 0 Å². The third-order valence-electron chi connectivity index (χ3n) is 2.51. The normalized spacial score (nSPS) is 9.90. The Hall–Kier alpha value is -2.32. The summed E-state index contributed by atoms with van der Waals surface area (Å²) in [5.41, 5.74) is 0.763. The molecule has 2 rings (SSSR count). The van der Waals surface area contributed by atoms with E-state index in [2.05, 4.69) is 22.0 Å². The smallest absolute Gasteiger partial charge is 0.261 e. The molecule has 1 aromatic carbocycles. The van der Waals surface area contributed by atoms with Crippen molar-refractivity contribution in [3.8, 4) is 29.0 Å². The summed E-state index contributed by atoms with van der Waals surface area (Å²) >= 11 is 0. The average molecular weight is 272 g/mol. The molecule has 0 aliphatic heterocycles. The fourth-order valence-corrected chi connectivity index (χ4v) is 1.61. The molecule has 0 unspecified atom stereocenters. The van der Waals surface area contributed by atoms with Gasteiger partial charge in [-0.3, -0.25) is 0 Å². The van der Waals surface area contributed by atoms with Crippen LogP contribution in [0.25, 0.3) is 11.5 Å². The minimum atomic E-state index is 0.275. The molecule has 5 heteroatoms. The molecule has 20 heavy (non-hydrogen) atoms. The number of benzene rings is 1. The van der Waals surface area contributed by atoms with Crippen LogP contribution in [0.3, 0.4) is 0 Å². The van der Waals surface area contributed by atoms with E-state index >= 15 is 0 Å². The van der Waals surface area contributed by atoms with E-state index in [1.54, 1.807) is 7.11 Å². The highest BCUT2D eigenvalue weighted by atomic mass is 16.5. The van der Waals surface area contributed by atoms with Crippen LogP contribution in [-0.2, 0) is 11.3 Å². The van der Waals surface area contributed by atoms with E-state index in [0.29, 0.717) is 24.1 Å². The molecular formula is C15H16N2O3. The van der Waals surface area contributed by atoms with Crippen molar-refractivity contribution in [3.63, 3.8) is 0 Å². The monoisotopic (exact) mass is 272 g/mol. The number of aromatic nitrogens is 2. The van der Waals surface area contributed by atoms with Gasteiger partial charge in [0.05, 0.1) is 12.7 Å². The van der Waals surface area contributed by atoms with Gasteiger partial charge < -0.3 is 14.0 Å². The van der Waals surface area contributed by atoms with Crippen LogP contribution in [0.5, 0.6) is 5.75 Å². The third kappa shape index (κ3) is 3.59. The number of ether oxygens (including phenoxy) is 2. The van der Waals surface area contributed by atoms with E-state index < -0.39 is 0 Å². The zero-order chi connectivity index (χ0) is 14.2. The molecular weight excluding hydrogens is 256 g/mol. The predicted molar refractivity (Wildman–Crippen MR) is 74.0 cm³/mol. The van der Waals surface area contributed by atoms with Crippen molar-refractivity contribution in [1.82, 2.24) is 10.1 Å². The highest BCUT2D eigenvalue weighted by Crippen LogP contribution is 2.27. The second-order valence-electron chi connectivity index (χ2n) is 3.92. The lowest BCUT2D eigenvalue weighted by Crippen LogP contribution is -1.95. The molecule has 1 heterocycles. The summed E-state index contributed by atoms with van der Waals surface area (Å²) in [6.45, 7) is 2.63. The van der Waals surface area contributed by atoms with Gasteiger partial charge in [0, 0.05) is 6.42 Å². The molecule has 1 aromatic heterocycles. The maximum Gasteiger partial charge on any atom is 0.261 e. The first-order chi connectivity index (χ1) is 9.85. The molecule has 5 nitrogen and oxygen atoms in total. The molecule has 0 bridgehead atoms. The van der Waals surface area contributed by atoms with E-state index in [-0.39, 0.29) is 6.61 Å². The number of nitrogens with zero attached hydrogens (tertiary/aromatic N) is 2. The first-order valence-electron chi connectivity index (χ1n) is 6.34. The van der Waals surface area contributed by atoms with Crippen molar-refractivity contribution in [2.45, 2.75) is 20.0 Å².